The molecule has 0 amide bonds. The Morgan fingerprint density at radius 3 is 2.28 bits per heavy atom. The molecule has 8 heteroatoms. The first-order valence-corrected chi connectivity index (χ1v) is 16.1. The van der Waals surface area contributed by atoms with Crippen LogP contribution in [0, 0.1) is 0 Å². The molecule has 1 saturated heterocycles. The molecule has 1 aliphatic rings. The molecule has 2 aromatic carbocycles. The number of benzene rings is 2. The van der Waals surface area contributed by atoms with Gasteiger partial charge in [-0.2, -0.15) is 0 Å². The second-order valence-electron chi connectivity index (χ2n) is 7.14. The minimum absolute atomic E-state index is 0.0646. The summed E-state index contributed by atoms with van der Waals surface area (Å²) >= 11 is 3.40. The Balaban J connectivity index is 0.000000278. The molecule has 1 atom stereocenters. The summed E-state index contributed by atoms with van der Waals surface area (Å²) in [5.41, 5.74) is 1.95. The molecule has 0 N–H and O–H groups in total. The molecule has 3 rings (SSSR count). The topological polar surface area (TPSA) is 32.8 Å². The van der Waals surface area contributed by atoms with Crippen LogP contribution >= 0.6 is 33.6 Å². The monoisotopic (exact) mass is 581 g/mol. The fourth-order valence-corrected chi connectivity index (χ4v) is 6.09. The second kappa shape index (κ2) is 15.3. The number of carbonyl (C=O) groups excluding carboxylic acids is 1. The number of hydrogen-bond acceptors (Lipinski definition) is 6. The van der Waals surface area contributed by atoms with Crippen molar-refractivity contribution in [2.24, 2.45) is 0 Å². The molecule has 0 aromatic heterocycles. The predicted octanol–water partition coefficient (Wildman–Crippen LogP) is 5.55. The fraction of sp³-hybridized carbons (Fsp3) is 0.417. The van der Waals surface area contributed by atoms with Crippen LogP contribution in [0.3, 0.4) is 0 Å². The number of halogens is 1. The van der Waals surface area contributed by atoms with Gasteiger partial charge in [-0.15, -0.1) is 0 Å². The zero-order valence-corrected chi connectivity index (χ0v) is 23.1. The molecule has 2 aromatic rings. The molecule has 1 heterocycles. The number of carbonyl (C=O) groups is 1. The van der Waals surface area contributed by atoms with Gasteiger partial charge in [0.2, 0.25) is 0 Å². The zero-order chi connectivity index (χ0) is 23.3. The van der Waals surface area contributed by atoms with E-state index in [2.05, 4.69) is 28.0 Å². The van der Waals surface area contributed by atoms with E-state index in [4.69, 9.17) is 14.4 Å². The molecule has 0 spiro atoms. The van der Waals surface area contributed by atoms with Gasteiger partial charge in [-0.1, -0.05) is 30.8 Å². The number of ether oxygens (including phenoxy) is 1. The van der Waals surface area contributed by atoms with E-state index < -0.39 is 6.10 Å². The smallest absolute Gasteiger partial charge is 0.0814 e. The average molecular weight is 581 g/mol. The molecule has 1 unspecified atom stereocenters. The van der Waals surface area contributed by atoms with Crippen molar-refractivity contribution in [1.29, 1.82) is 0 Å². The van der Waals surface area contributed by atoms with Gasteiger partial charge < -0.3 is 0 Å². The Bertz CT molecular complexity index is 845. The van der Waals surface area contributed by atoms with Crippen LogP contribution in [0.25, 0.3) is 0 Å². The van der Waals surface area contributed by atoms with E-state index in [1.54, 1.807) is 6.92 Å². The van der Waals surface area contributed by atoms with E-state index in [-0.39, 0.29) is 21.5 Å². The van der Waals surface area contributed by atoms with Crippen LogP contribution in [0.4, 0.5) is 0 Å². The van der Waals surface area contributed by atoms with Crippen LogP contribution in [0.15, 0.2) is 54.6 Å². The standard InChI is InChI=1S/C17H16O2.C7H16N2S2.ClH.Ru/c1-13-8-6-7-11-17(13)19-14(2)16(18)12-15-9-4-3-5-10-15;1-4-7-8(10-2)5-6-9(7)11-3;;/h1,3-11,14H,12H2,2H3;7H,4-6H2,1-3H3;1H;/q;;;+1/p-1. The number of hydrogen-bond donors (Lipinski definition) is 0. The van der Waals surface area contributed by atoms with Crippen molar-refractivity contribution in [3.05, 3.63) is 65.7 Å². The molecule has 0 aliphatic carbocycles. The first-order chi connectivity index (χ1) is 15.5. The normalized spacial score (nSPS) is 16.3. The first-order valence-electron chi connectivity index (χ1n) is 10.5. The van der Waals surface area contributed by atoms with Crippen molar-refractivity contribution in [3.8, 4) is 5.75 Å². The van der Waals surface area contributed by atoms with Gasteiger partial charge in [-0.3, -0.25) is 0 Å². The Morgan fingerprint density at radius 2 is 1.72 bits per heavy atom. The summed E-state index contributed by atoms with van der Waals surface area (Å²) in [6.07, 6.45) is 6.10. The van der Waals surface area contributed by atoms with Gasteiger partial charge in [0.05, 0.1) is 6.17 Å². The summed E-state index contributed by atoms with van der Waals surface area (Å²) in [4.78, 5) is 12.2. The van der Waals surface area contributed by atoms with Gasteiger partial charge >= 0.3 is 136 Å². The predicted molar refractivity (Wildman–Crippen MR) is 137 cm³/mol. The van der Waals surface area contributed by atoms with Crippen molar-refractivity contribution < 1.29 is 25.2 Å². The molecular weight excluding hydrogens is 549 g/mol. The van der Waals surface area contributed by atoms with Crippen LogP contribution in [0.5, 0.6) is 5.75 Å². The molecule has 0 saturated carbocycles. The van der Waals surface area contributed by atoms with Crippen LogP contribution in [0.1, 0.15) is 31.4 Å². The summed E-state index contributed by atoms with van der Waals surface area (Å²) in [7, 11) is 5.83. The Kier molecular flexibility index (Phi) is 13.1. The molecule has 177 valence electrons. The Hall–Kier alpha value is -0.687. The number of rotatable bonds is 9. The Labute approximate surface area is 212 Å². The fourth-order valence-electron chi connectivity index (χ4n) is 3.38. The molecule has 1 fully saturated rings. The molecule has 4 nitrogen and oxygen atoms in total. The third kappa shape index (κ3) is 8.59. The Morgan fingerprint density at radius 1 is 1.12 bits per heavy atom. The largest absolute Gasteiger partial charge is 0.232 e. The molecule has 1 aliphatic heterocycles. The van der Waals surface area contributed by atoms with Gasteiger partial charge in [0, 0.05) is 13.1 Å². The van der Waals surface area contributed by atoms with Crippen molar-refractivity contribution in [2.45, 2.75) is 39.0 Å². The minimum Gasteiger partial charge on any atom is -0.232 e. The summed E-state index contributed by atoms with van der Waals surface area (Å²) in [5, 5.41) is 0. The molecule has 32 heavy (non-hydrogen) atoms. The van der Waals surface area contributed by atoms with Crippen LogP contribution < -0.4 is 4.74 Å². The molecule has 0 radical (unpaired) electrons. The van der Waals surface area contributed by atoms with Crippen LogP contribution in [0.2, 0.25) is 0 Å². The zero-order valence-electron chi connectivity index (χ0n) is 19.0. The van der Waals surface area contributed by atoms with Crippen molar-refractivity contribution in [1.82, 2.24) is 8.61 Å². The van der Waals surface area contributed by atoms with E-state index in [1.165, 1.54) is 19.5 Å². The van der Waals surface area contributed by atoms with Gasteiger partial charge in [0.15, 0.2) is 0 Å². The van der Waals surface area contributed by atoms with Crippen molar-refractivity contribution in [2.75, 3.05) is 25.6 Å². The maximum Gasteiger partial charge on any atom is 0.0814 e. The van der Waals surface area contributed by atoms with Crippen LogP contribution in [-0.4, -0.2) is 56.9 Å². The van der Waals surface area contributed by atoms with E-state index in [1.807, 2.05) is 83.1 Å². The quantitative estimate of drug-likeness (QED) is 0.286. The number of nitrogens with zero attached hydrogens (tertiary/aromatic N) is 2. The van der Waals surface area contributed by atoms with Gasteiger partial charge in [-0.25, -0.2) is 8.61 Å². The van der Waals surface area contributed by atoms with Crippen molar-refractivity contribution in [3.63, 3.8) is 0 Å². The van der Waals surface area contributed by atoms with E-state index in [9.17, 15) is 4.79 Å². The maximum atomic E-state index is 12.2. The van der Waals surface area contributed by atoms with Crippen LogP contribution in [-0.2, 0) is 26.9 Å². The molecular formula is C24H32ClN2O2RuS2. The summed E-state index contributed by atoms with van der Waals surface area (Å²) < 4.78 is 12.7. The van der Waals surface area contributed by atoms with Gasteiger partial charge in [0.25, 0.3) is 0 Å². The third-order valence-electron chi connectivity index (χ3n) is 5.09. The average Bonchev–Trinajstić information content (AvgIpc) is 3.24. The van der Waals surface area contributed by atoms with Gasteiger partial charge in [-0.05, 0) is 18.9 Å². The van der Waals surface area contributed by atoms with Gasteiger partial charge in [0.1, 0.15) is 0 Å². The number of ketones is 1. The summed E-state index contributed by atoms with van der Waals surface area (Å²) in [5.74, 6) is 0.774. The maximum absolute atomic E-state index is 12.2. The number of para-hydroxylation sites is 1. The summed E-state index contributed by atoms with van der Waals surface area (Å²) in [6, 6.07) is 17.3. The second-order valence-corrected chi connectivity index (χ2v) is 10.6. The minimum atomic E-state index is -0.481. The van der Waals surface area contributed by atoms with E-state index in [0.29, 0.717) is 18.3 Å². The third-order valence-corrected chi connectivity index (χ3v) is 8.06. The summed E-state index contributed by atoms with van der Waals surface area (Å²) in [6.45, 7) is 6.46. The first kappa shape index (κ1) is 27.6. The van der Waals surface area contributed by atoms with E-state index >= 15 is 0 Å². The molecule has 0 bridgehead atoms. The SMILES string of the molecule is CC(Oc1ccccc1[CH]=[Ru][Cl])C(=O)Cc1ccccc1.CCC1N(SC)CCN1SC. The number of Topliss-reactive ketones (excluding diaryl/α,β-unsaturated/α-hetero) is 1. The van der Waals surface area contributed by atoms with Crippen molar-refractivity contribution >= 4 is 44.0 Å². The van der Waals surface area contributed by atoms with E-state index in [0.717, 1.165) is 11.1 Å².